The molecule has 1 saturated carbocycles. The number of H-pyrrole nitrogens is 1. The highest BCUT2D eigenvalue weighted by Gasteiger charge is 2.39. The Morgan fingerprint density at radius 2 is 1.83 bits per heavy atom. The predicted octanol–water partition coefficient (Wildman–Crippen LogP) is 6.41. The lowest BCUT2D eigenvalue weighted by molar-refractivity contribution is 0.0949. The van der Waals surface area contributed by atoms with Gasteiger partial charge in [-0.1, -0.05) is 66.6 Å². The molecule has 0 unspecified atom stereocenters. The standard InChI is InChI=1S/C32H29ClN4O4/c1-40-24-11-5-10-22(18-24)32(15-7-16-32)17-14-26(38)29-25(33)12-6-13-27(29)41-20-23-19-28(39)37-31(34-23)35-30(36-37)21-8-3-2-4-9-21/h2-6,8-13,18-19H,7,14-17,20H2,1H3,(H,34,35,36). The Bertz CT molecular complexity index is 1780. The fourth-order valence-corrected chi connectivity index (χ4v) is 5.76. The molecule has 3 aromatic carbocycles. The Morgan fingerprint density at radius 3 is 2.59 bits per heavy atom. The Labute approximate surface area is 241 Å². The largest absolute Gasteiger partial charge is 0.497 e. The van der Waals surface area contributed by atoms with Gasteiger partial charge < -0.3 is 9.47 Å². The van der Waals surface area contributed by atoms with E-state index in [-0.39, 0.29) is 29.1 Å². The minimum absolute atomic E-state index is 0.0202. The molecule has 5 aromatic rings. The Balaban J connectivity index is 1.19. The highest BCUT2D eigenvalue weighted by Crippen LogP contribution is 2.48. The molecule has 0 saturated heterocycles. The molecule has 1 aliphatic carbocycles. The molecule has 1 fully saturated rings. The third-order valence-corrected chi connectivity index (χ3v) is 8.20. The maximum atomic E-state index is 13.5. The number of halogens is 1. The number of rotatable bonds is 10. The predicted molar refractivity (Wildman–Crippen MR) is 157 cm³/mol. The van der Waals surface area contributed by atoms with Gasteiger partial charge in [0.1, 0.15) is 18.1 Å². The summed E-state index contributed by atoms with van der Waals surface area (Å²) < 4.78 is 12.8. The van der Waals surface area contributed by atoms with E-state index in [1.807, 2.05) is 42.5 Å². The van der Waals surface area contributed by atoms with Gasteiger partial charge in [0.15, 0.2) is 11.6 Å². The summed E-state index contributed by atoms with van der Waals surface area (Å²) in [6.07, 6.45) is 4.23. The maximum Gasteiger partial charge on any atom is 0.274 e. The van der Waals surface area contributed by atoms with Crippen molar-refractivity contribution in [3.63, 3.8) is 0 Å². The van der Waals surface area contributed by atoms with Gasteiger partial charge in [-0.25, -0.2) is 4.98 Å². The number of methoxy groups -OCH3 is 1. The first-order chi connectivity index (χ1) is 20.0. The molecular weight excluding hydrogens is 540 g/mol. The van der Waals surface area contributed by atoms with Gasteiger partial charge in [-0.05, 0) is 54.5 Å². The molecule has 0 radical (unpaired) electrons. The zero-order valence-corrected chi connectivity index (χ0v) is 23.4. The molecule has 9 heteroatoms. The summed E-state index contributed by atoms with van der Waals surface area (Å²) in [5.41, 5.74) is 2.43. The van der Waals surface area contributed by atoms with Crippen LogP contribution in [0.1, 0.15) is 53.7 Å². The number of hydrogen-bond acceptors (Lipinski definition) is 6. The molecule has 0 aliphatic heterocycles. The van der Waals surface area contributed by atoms with Crippen molar-refractivity contribution in [1.29, 1.82) is 0 Å². The van der Waals surface area contributed by atoms with E-state index in [4.69, 9.17) is 21.1 Å². The lowest BCUT2D eigenvalue weighted by Crippen LogP contribution is -2.34. The van der Waals surface area contributed by atoms with Crippen LogP contribution in [0.15, 0.2) is 83.7 Å². The van der Waals surface area contributed by atoms with Crippen LogP contribution in [0.4, 0.5) is 0 Å². The SMILES string of the molecule is COc1cccc(C2(CCC(=O)c3c(Cl)cccc3OCc3cc(=O)n4[nH]c(-c5ccccc5)nc4n3)CCC2)c1. The average molecular weight is 569 g/mol. The van der Waals surface area contributed by atoms with Gasteiger partial charge in [-0.2, -0.15) is 9.50 Å². The Kier molecular flexibility index (Phi) is 7.32. The first-order valence-corrected chi connectivity index (χ1v) is 14.0. The number of Topliss-reactive ketones (excluding diaryl/α,β-unsaturated/α-hetero) is 1. The Morgan fingerprint density at radius 1 is 1.02 bits per heavy atom. The summed E-state index contributed by atoms with van der Waals surface area (Å²) >= 11 is 6.52. The number of aromatic amines is 1. The molecule has 6 rings (SSSR count). The lowest BCUT2D eigenvalue weighted by Gasteiger charge is -2.43. The average Bonchev–Trinajstić information content (AvgIpc) is 3.41. The van der Waals surface area contributed by atoms with Gasteiger partial charge in [0.05, 0.1) is 23.4 Å². The third-order valence-electron chi connectivity index (χ3n) is 7.88. The van der Waals surface area contributed by atoms with Crippen molar-refractivity contribution in [3.05, 3.63) is 111 Å². The van der Waals surface area contributed by atoms with E-state index in [2.05, 4.69) is 27.2 Å². The van der Waals surface area contributed by atoms with Crippen LogP contribution in [0, 0.1) is 0 Å². The van der Waals surface area contributed by atoms with Crippen LogP contribution in [0.25, 0.3) is 17.2 Å². The van der Waals surface area contributed by atoms with E-state index in [9.17, 15) is 9.59 Å². The summed E-state index contributed by atoms with van der Waals surface area (Å²) in [7, 11) is 1.66. The fourth-order valence-electron chi connectivity index (χ4n) is 5.49. The number of benzene rings is 3. The molecule has 208 valence electrons. The number of fused-ring (bicyclic) bond motifs is 1. The van der Waals surface area contributed by atoms with Gasteiger partial charge in [0, 0.05) is 18.1 Å². The number of aromatic nitrogens is 4. The quantitative estimate of drug-likeness (QED) is 0.195. The van der Waals surface area contributed by atoms with Crippen LogP contribution < -0.4 is 15.0 Å². The number of ketones is 1. The van der Waals surface area contributed by atoms with Crippen molar-refractivity contribution in [2.45, 2.75) is 44.1 Å². The topological polar surface area (TPSA) is 98.6 Å². The first kappa shape index (κ1) is 26.8. The van der Waals surface area contributed by atoms with Gasteiger partial charge in [-0.3, -0.25) is 14.7 Å². The number of nitrogens with one attached hydrogen (secondary N) is 1. The highest BCUT2D eigenvalue weighted by atomic mass is 35.5. The summed E-state index contributed by atoms with van der Waals surface area (Å²) in [6.45, 7) is -0.0202. The second-order valence-electron chi connectivity index (χ2n) is 10.4. The number of ether oxygens (including phenoxy) is 2. The maximum absolute atomic E-state index is 13.5. The normalized spacial score (nSPS) is 14.0. The molecule has 0 atom stereocenters. The van der Waals surface area contributed by atoms with Crippen molar-refractivity contribution in [3.8, 4) is 22.9 Å². The van der Waals surface area contributed by atoms with Crippen molar-refractivity contribution in [2.75, 3.05) is 7.11 Å². The van der Waals surface area contributed by atoms with Gasteiger partial charge in [0.25, 0.3) is 11.3 Å². The summed E-state index contributed by atoms with van der Waals surface area (Å²) in [5, 5.41) is 3.32. The first-order valence-electron chi connectivity index (χ1n) is 13.6. The molecule has 41 heavy (non-hydrogen) atoms. The molecule has 0 bridgehead atoms. The monoisotopic (exact) mass is 568 g/mol. The summed E-state index contributed by atoms with van der Waals surface area (Å²) in [6, 6.07) is 24.1. The highest BCUT2D eigenvalue weighted by molar-refractivity contribution is 6.34. The molecule has 0 amide bonds. The van der Waals surface area contributed by atoms with Crippen molar-refractivity contribution in [1.82, 2.24) is 19.6 Å². The van der Waals surface area contributed by atoms with E-state index in [1.54, 1.807) is 25.3 Å². The Hall–Kier alpha value is -4.43. The van der Waals surface area contributed by atoms with Crippen molar-refractivity contribution < 1.29 is 14.3 Å². The molecule has 1 N–H and O–H groups in total. The van der Waals surface area contributed by atoms with E-state index < -0.39 is 0 Å². The van der Waals surface area contributed by atoms with Crippen LogP contribution >= 0.6 is 11.6 Å². The number of carbonyl (C=O) groups excluding carboxylic acids is 1. The second-order valence-corrected chi connectivity index (χ2v) is 10.8. The number of carbonyl (C=O) groups is 1. The van der Waals surface area contributed by atoms with Crippen LogP contribution in [0.5, 0.6) is 11.5 Å². The second kappa shape index (κ2) is 11.2. The fraction of sp³-hybridized carbons (Fsp3) is 0.250. The van der Waals surface area contributed by atoms with E-state index in [0.717, 1.165) is 30.6 Å². The molecule has 2 aromatic heterocycles. The van der Waals surface area contributed by atoms with Crippen molar-refractivity contribution in [2.24, 2.45) is 0 Å². The molecule has 8 nitrogen and oxygen atoms in total. The van der Waals surface area contributed by atoms with Crippen LogP contribution in [0.2, 0.25) is 5.02 Å². The van der Waals surface area contributed by atoms with Crippen molar-refractivity contribution >= 4 is 23.2 Å². The van der Waals surface area contributed by atoms with Gasteiger partial charge >= 0.3 is 0 Å². The van der Waals surface area contributed by atoms with E-state index in [0.29, 0.717) is 40.7 Å². The van der Waals surface area contributed by atoms with Crippen LogP contribution in [-0.4, -0.2) is 32.5 Å². The smallest absolute Gasteiger partial charge is 0.274 e. The van der Waals surface area contributed by atoms with Gasteiger partial charge in [0.2, 0.25) is 0 Å². The lowest BCUT2D eigenvalue weighted by atomic mass is 9.62. The van der Waals surface area contributed by atoms with E-state index >= 15 is 0 Å². The minimum Gasteiger partial charge on any atom is -0.497 e. The van der Waals surface area contributed by atoms with Crippen LogP contribution in [0.3, 0.4) is 0 Å². The number of hydrogen-bond donors (Lipinski definition) is 1. The van der Waals surface area contributed by atoms with Gasteiger partial charge in [-0.15, -0.1) is 0 Å². The molecule has 2 heterocycles. The summed E-state index contributed by atoms with van der Waals surface area (Å²) in [5.74, 6) is 1.87. The van der Waals surface area contributed by atoms with E-state index in [1.165, 1.54) is 16.1 Å². The summed E-state index contributed by atoms with van der Waals surface area (Å²) in [4.78, 5) is 35.3. The minimum atomic E-state index is -0.311. The third kappa shape index (κ3) is 5.35. The number of nitrogens with zero attached hydrogens (tertiary/aromatic N) is 3. The molecule has 1 aliphatic rings. The zero-order valence-electron chi connectivity index (χ0n) is 22.6. The molecular formula is C32H29ClN4O4. The van der Waals surface area contributed by atoms with Crippen LogP contribution in [-0.2, 0) is 12.0 Å². The zero-order chi connectivity index (χ0) is 28.4. The molecule has 0 spiro atoms.